The van der Waals surface area contributed by atoms with Crippen LogP contribution in [0, 0.1) is 5.92 Å². The Labute approximate surface area is 78.7 Å². The van der Waals surface area contributed by atoms with E-state index in [2.05, 4.69) is 17.5 Å². The standard InChI is InChI=1S/C11H15NO/c1-2-4-9-8(3-1)5-6-10-11(9)12-7-13-10/h2,4,8,10,12H,1,3,5-7H2. The molecule has 0 aromatic heterocycles. The second kappa shape index (κ2) is 2.88. The van der Waals surface area contributed by atoms with Gasteiger partial charge in [-0.3, -0.25) is 0 Å². The zero-order chi connectivity index (χ0) is 8.67. The van der Waals surface area contributed by atoms with Crippen LogP contribution in [-0.2, 0) is 4.74 Å². The molecule has 3 rings (SSSR count). The number of ether oxygens (including phenoxy) is 1. The maximum absolute atomic E-state index is 5.60. The zero-order valence-electron chi connectivity index (χ0n) is 7.75. The smallest absolute Gasteiger partial charge is 0.117 e. The molecule has 3 aliphatic rings. The molecule has 1 heterocycles. The van der Waals surface area contributed by atoms with Crippen LogP contribution in [-0.4, -0.2) is 12.8 Å². The number of fused-ring (bicyclic) bond motifs is 2. The van der Waals surface area contributed by atoms with Crippen molar-refractivity contribution >= 4 is 0 Å². The molecule has 0 saturated carbocycles. The molecule has 2 heteroatoms. The van der Waals surface area contributed by atoms with Crippen LogP contribution in [0.25, 0.3) is 0 Å². The van der Waals surface area contributed by atoms with Gasteiger partial charge in [0.25, 0.3) is 0 Å². The van der Waals surface area contributed by atoms with Crippen molar-refractivity contribution in [2.75, 3.05) is 6.73 Å². The molecule has 1 aliphatic heterocycles. The van der Waals surface area contributed by atoms with Crippen LogP contribution in [0.5, 0.6) is 0 Å². The average molecular weight is 177 g/mol. The van der Waals surface area contributed by atoms with E-state index in [0.717, 1.165) is 5.92 Å². The lowest BCUT2D eigenvalue weighted by Gasteiger charge is -2.30. The summed E-state index contributed by atoms with van der Waals surface area (Å²) < 4.78 is 5.60. The highest BCUT2D eigenvalue weighted by Crippen LogP contribution is 2.38. The molecule has 2 nitrogen and oxygen atoms in total. The quantitative estimate of drug-likeness (QED) is 0.610. The van der Waals surface area contributed by atoms with Crippen LogP contribution in [0.2, 0.25) is 0 Å². The second-order valence-corrected chi connectivity index (χ2v) is 4.10. The molecule has 2 atom stereocenters. The van der Waals surface area contributed by atoms with Crippen LogP contribution >= 0.6 is 0 Å². The molecule has 70 valence electrons. The Morgan fingerprint density at radius 3 is 3.31 bits per heavy atom. The van der Waals surface area contributed by atoms with Gasteiger partial charge < -0.3 is 10.1 Å². The first kappa shape index (κ1) is 7.63. The molecule has 1 fully saturated rings. The summed E-state index contributed by atoms with van der Waals surface area (Å²) in [6.07, 6.45) is 10.1. The summed E-state index contributed by atoms with van der Waals surface area (Å²) in [5, 5.41) is 3.36. The van der Waals surface area contributed by atoms with Crippen molar-refractivity contribution in [1.29, 1.82) is 0 Å². The molecule has 0 radical (unpaired) electrons. The van der Waals surface area contributed by atoms with Gasteiger partial charge in [-0.15, -0.1) is 0 Å². The summed E-state index contributed by atoms with van der Waals surface area (Å²) in [7, 11) is 0. The molecule has 13 heavy (non-hydrogen) atoms. The van der Waals surface area contributed by atoms with Crippen molar-refractivity contribution in [2.45, 2.75) is 31.8 Å². The second-order valence-electron chi connectivity index (χ2n) is 4.10. The van der Waals surface area contributed by atoms with Gasteiger partial charge in [0.15, 0.2) is 0 Å². The molecule has 1 saturated heterocycles. The van der Waals surface area contributed by atoms with E-state index in [1.165, 1.54) is 37.0 Å². The number of nitrogens with one attached hydrogen (secondary N) is 1. The van der Waals surface area contributed by atoms with Gasteiger partial charge in [0.2, 0.25) is 0 Å². The molecule has 0 aromatic carbocycles. The third kappa shape index (κ3) is 1.12. The van der Waals surface area contributed by atoms with Crippen molar-refractivity contribution in [2.24, 2.45) is 5.92 Å². The van der Waals surface area contributed by atoms with Gasteiger partial charge in [-0.2, -0.15) is 0 Å². The third-order valence-electron chi connectivity index (χ3n) is 3.38. The summed E-state index contributed by atoms with van der Waals surface area (Å²) in [6.45, 7) is 0.712. The summed E-state index contributed by atoms with van der Waals surface area (Å²) in [5.74, 6) is 0.811. The Balaban J connectivity index is 2.03. The van der Waals surface area contributed by atoms with E-state index in [1.54, 1.807) is 0 Å². The van der Waals surface area contributed by atoms with Crippen LogP contribution in [0.4, 0.5) is 0 Å². The number of hydrogen-bond acceptors (Lipinski definition) is 2. The molecular weight excluding hydrogens is 162 g/mol. The van der Waals surface area contributed by atoms with Gasteiger partial charge in [0, 0.05) is 5.70 Å². The van der Waals surface area contributed by atoms with Crippen molar-refractivity contribution in [3.8, 4) is 0 Å². The van der Waals surface area contributed by atoms with Gasteiger partial charge in [0.05, 0.1) is 6.10 Å². The minimum Gasteiger partial charge on any atom is -0.364 e. The maximum Gasteiger partial charge on any atom is 0.117 e. The Hall–Kier alpha value is -0.760. The first-order chi connectivity index (χ1) is 6.45. The molecule has 0 amide bonds. The molecular formula is C11H15NO. The molecule has 0 aromatic rings. The van der Waals surface area contributed by atoms with E-state index in [4.69, 9.17) is 4.74 Å². The predicted molar refractivity (Wildman–Crippen MR) is 51.0 cm³/mol. The first-order valence-electron chi connectivity index (χ1n) is 5.21. The van der Waals surface area contributed by atoms with E-state index in [1.807, 2.05) is 0 Å². The third-order valence-corrected chi connectivity index (χ3v) is 3.38. The molecule has 2 unspecified atom stereocenters. The van der Waals surface area contributed by atoms with Crippen molar-refractivity contribution in [3.63, 3.8) is 0 Å². The summed E-state index contributed by atoms with van der Waals surface area (Å²) >= 11 is 0. The van der Waals surface area contributed by atoms with Crippen LogP contribution < -0.4 is 5.32 Å². The van der Waals surface area contributed by atoms with E-state index < -0.39 is 0 Å². The fraction of sp³-hybridized carbons (Fsp3) is 0.636. The van der Waals surface area contributed by atoms with Gasteiger partial charge in [-0.1, -0.05) is 12.2 Å². The molecule has 0 bridgehead atoms. The van der Waals surface area contributed by atoms with Crippen LogP contribution in [0.3, 0.4) is 0 Å². The van der Waals surface area contributed by atoms with E-state index in [0.29, 0.717) is 12.8 Å². The molecule has 0 spiro atoms. The first-order valence-corrected chi connectivity index (χ1v) is 5.21. The van der Waals surface area contributed by atoms with Gasteiger partial charge in [0.1, 0.15) is 6.73 Å². The summed E-state index contributed by atoms with van der Waals surface area (Å²) in [5.41, 5.74) is 2.91. The predicted octanol–water partition coefficient (Wildman–Crippen LogP) is 1.95. The monoisotopic (exact) mass is 177 g/mol. The summed E-state index contributed by atoms with van der Waals surface area (Å²) in [4.78, 5) is 0. The van der Waals surface area contributed by atoms with Gasteiger partial charge in [-0.05, 0) is 37.2 Å². The lowest BCUT2D eigenvalue weighted by atomic mass is 9.79. The van der Waals surface area contributed by atoms with Crippen LogP contribution in [0.15, 0.2) is 23.4 Å². The number of hydrogen-bond donors (Lipinski definition) is 1. The highest BCUT2D eigenvalue weighted by molar-refractivity contribution is 5.34. The number of rotatable bonds is 0. The minimum atomic E-state index is 0.383. The lowest BCUT2D eigenvalue weighted by Crippen LogP contribution is -2.25. The Morgan fingerprint density at radius 2 is 2.31 bits per heavy atom. The Bertz CT molecular complexity index is 280. The Morgan fingerprint density at radius 1 is 1.31 bits per heavy atom. The van der Waals surface area contributed by atoms with E-state index in [9.17, 15) is 0 Å². The highest BCUT2D eigenvalue weighted by Gasteiger charge is 2.32. The van der Waals surface area contributed by atoms with Crippen LogP contribution in [0.1, 0.15) is 25.7 Å². The van der Waals surface area contributed by atoms with Gasteiger partial charge in [-0.25, -0.2) is 0 Å². The molecule has 2 aliphatic carbocycles. The van der Waals surface area contributed by atoms with Crippen molar-refractivity contribution < 1.29 is 4.74 Å². The lowest BCUT2D eigenvalue weighted by molar-refractivity contribution is 0.104. The van der Waals surface area contributed by atoms with Crippen molar-refractivity contribution in [1.82, 2.24) is 5.32 Å². The topological polar surface area (TPSA) is 21.3 Å². The number of allylic oxidation sites excluding steroid dienone is 3. The average Bonchev–Trinajstić information content (AvgIpc) is 2.65. The van der Waals surface area contributed by atoms with Crippen molar-refractivity contribution in [3.05, 3.63) is 23.4 Å². The van der Waals surface area contributed by atoms with Gasteiger partial charge >= 0.3 is 0 Å². The Kier molecular flexibility index (Phi) is 1.69. The fourth-order valence-corrected chi connectivity index (χ4v) is 2.69. The SMILES string of the molecule is C1=CC2=C3NCOC3CCC2CC1. The zero-order valence-corrected chi connectivity index (χ0v) is 7.75. The summed E-state index contributed by atoms with van der Waals surface area (Å²) in [6, 6.07) is 0. The van der Waals surface area contributed by atoms with E-state index >= 15 is 0 Å². The highest BCUT2D eigenvalue weighted by atomic mass is 16.5. The minimum absolute atomic E-state index is 0.383. The fourth-order valence-electron chi connectivity index (χ4n) is 2.69. The largest absolute Gasteiger partial charge is 0.364 e. The maximum atomic E-state index is 5.60. The normalized spacial score (nSPS) is 36.9. The van der Waals surface area contributed by atoms with E-state index in [-0.39, 0.29) is 0 Å². The molecule has 1 N–H and O–H groups in total.